The fourth-order valence-corrected chi connectivity index (χ4v) is 4.11. The summed E-state index contributed by atoms with van der Waals surface area (Å²) in [4.78, 5) is 45.1. The van der Waals surface area contributed by atoms with Crippen molar-refractivity contribution in [2.75, 3.05) is 16.0 Å². The number of aryl methyl sites for hydroxylation is 1. The molecule has 1 aromatic heterocycles. The monoisotopic (exact) mass is 471 g/mol. The Morgan fingerprint density at radius 3 is 2.59 bits per heavy atom. The van der Waals surface area contributed by atoms with Crippen molar-refractivity contribution in [1.29, 1.82) is 0 Å². The van der Waals surface area contributed by atoms with Crippen LogP contribution in [0.1, 0.15) is 30.4 Å². The van der Waals surface area contributed by atoms with Crippen LogP contribution in [0.2, 0.25) is 10.0 Å². The van der Waals surface area contributed by atoms with Crippen LogP contribution in [0.4, 0.5) is 23.1 Å². The minimum Gasteiger partial charge on any atom is -0.326 e. The summed E-state index contributed by atoms with van der Waals surface area (Å²) in [7, 11) is 0. The van der Waals surface area contributed by atoms with Gasteiger partial charge in [0.05, 0.1) is 11.5 Å². The topological polar surface area (TPSA) is 116 Å². The number of hydrogen-bond donors (Lipinski definition) is 4. The zero-order chi connectivity index (χ0) is 22.8. The minimum atomic E-state index is -0.977. The molecule has 0 radical (unpaired) electrons. The molecule has 1 aliphatic heterocycles. The van der Waals surface area contributed by atoms with E-state index in [9.17, 15) is 14.4 Å². The Bertz CT molecular complexity index is 1250. The number of amides is 2. The van der Waals surface area contributed by atoms with E-state index in [0.717, 1.165) is 12.0 Å². The first-order valence-electron chi connectivity index (χ1n) is 9.90. The number of para-hydroxylation sites is 1. The van der Waals surface area contributed by atoms with Crippen LogP contribution in [0, 0.1) is 0 Å². The van der Waals surface area contributed by atoms with Crippen LogP contribution in [0.25, 0.3) is 0 Å². The van der Waals surface area contributed by atoms with E-state index >= 15 is 0 Å². The number of carbonyl (C=O) groups excluding carboxylic acids is 2. The Hall–Kier alpha value is -3.36. The number of hydrogen-bond acceptors (Lipinski definition) is 5. The van der Waals surface area contributed by atoms with E-state index in [1.807, 2.05) is 25.1 Å². The predicted molar refractivity (Wildman–Crippen MR) is 125 cm³/mol. The predicted octanol–water partition coefficient (Wildman–Crippen LogP) is 4.45. The molecule has 2 heterocycles. The Morgan fingerprint density at radius 2 is 1.88 bits per heavy atom. The first-order valence-corrected chi connectivity index (χ1v) is 10.7. The Balaban J connectivity index is 1.65. The van der Waals surface area contributed by atoms with Gasteiger partial charge in [-0.05, 0) is 36.2 Å². The average Bonchev–Trinajstić information content (AvgIpc) is 2.72. The molecular formula is C22H19Cl2N5O3. The molecule has 4 rings (SSSR count). The summed E-state index contributed by atoms with van der Waals surface area (Å²) < 4.78 is 0. The van der Waals surface area contributed by atoms with Gasteiger partial charge in [-0.2, -0.15) is 4.98 Å². The van der Waals surface area contributed by atoms with Gasteiger partial charge < -0.3 is 16.0 Å². The van der Waals surface area contributed by atoms with Crippen molar-refractivity contribution in [2.45, 2.75) is 25.7 Å². The van der Waals surface area contributed by atoms with E-state index in [-0.39, 0.29) is 23.8 Å². The second-order valence-corrected chi connectivity index (χ2v) is 8.14. The van der Waals surface area contributed by atoms with E-state index in [4.69, 9.17) is 23.2 Å². The second-order valence-electron chi connectivity index (χ2n) is 7.26. The highest BCUT2D eigenvalue weighted by Gasteiger charge is 2.35. The SMILES string of the molecule is CCc1ccccc1NC(=O)[C@@H]1CC(=O)Nc2nc(Nc3cc(Cl)cc(Cl)c3)[nH]c(=O)c21. The summed E-state index contributed by atoms with van der Waals surface area (Å²) in [5.74, 6) is -1.73. The number of rotatable bonds is 5. The van der Waals surface area contributed by atoms with Gasteiger partial charge in [-0.25, -0.2) is 0 Å². The highest BCUT2D eigenvalue weighted by atomic mass is 35.5. The lowest BCUT2D eigenvalue weighted by molar-refractivity contribution is -0.123. The normalized spacial score (nSPS) is 15.0. The maximum absolute atomic E-state index is 13.0. The molecule has 164 valence electrons. The molecule has 0 spiro atoms. The zero-order valence-corrected chi connectivity index (χ0v) is 18.5. The van der Waals surface area contributed by atoms with E-state index in [1.165, 1.54) is 0 Å². The highest BCUT2D eigenvalue weighted by molar-refractivity contribution is 6.35. The number of nitrogens with one attached hydrogen (secondary N) is 4. The molecule has 0 saturated heterocycles. The minimum absolute atomic E-state index is 0.0320. The number of aromatic nitrogens is 2. The second kappa shape index (κ2) is 9.02. The summed E-state index contributed by atoms with van der Waals surface area (Å²) in [6.07, 6.45) is 0.567. The quantitative estimate of drug-likeness (QED) is 0.438. The van der Waals surface area contributed by atoms with E-state index < -0.39 is 23.3 Å². The third-order valence-corrected chi connectivity index (χ3v) is 5.49. The molecule has 0 saturated carbocycles. The molecular weight excluding hydrogens is 453 g/mol. The molecule has 3 aromatic rings. The maximum atomic E-state index is 13.0. The van der Waals surface area contributed by atoms with Crippen LogP contribution in [0.5, 0.6) is 0 Å². The van der Waals surface area contributed by atoms with Crippen LogP contribution in [-0.2, 0) is 16.0 Å². The summed E-state index contributed by atoms with van der Waals surface area (Å²) in [5.41, 5.74) is 1.67. The van der Waals surface area contributed by atoms with E-state index in [2.05, 4.69) is 25.9 Å². The summed E-state index contributed by atoms with van der Waals surface area (Å²) in [6.45, 7) is 1.98. The molecule has 2 aromatic carbocycles. The number of aromatic amines is 1. The number of carbonyl (C=O) groups is 2. The molecule has 0 unspecified atom stereocenters. The number of fused-ring (bicyclic) bond motifs is 1. The van der Waals surface area contributed by atoms with Crippen LogP contribution < -0.4 is 21.5 Å². The van der Waals surface area contributed by atoms with Gasteiger partial charge in [-0.1, -0.05) is 48.3 Å². The molecule has 4 N–H and O–H groups in total. The number of H-pyrrole nitrogens is 1. The molecule has 1 aliphatic rings. The van der Waals surface area contributed by atoms with Gasteiger partial charge in [-0.15, -0.1) is 0 Å². The Morgan fingerprint density at radius 1 is 1.16 bits per heavy atom. The van der Waals surface area contributed by atoms with Gasteiger partial charge in [0.2, 0.25) is 17.8 Å². The maximum Gasteiger partial charge on any atom is 0.258 e. The van der Waals surface area contributed by atoms with Gasteiger partial charge in [0.25, 0.3) is 5.56 Å². The largest absolute Gasteiger partial charge is 0.326 e. The fourth-order valence-electron chi connectivity index (χ4n) is 3.59. The van der Waals surface area contributed by atoms with Crippen molar-refractivity contribution in [3.63, 3.8) is 0 Å². The molecule has 2 amide bonds. The molecule has 0 fully saturated rings. The van der Waals surface area contributed by atoms with Crippen molar-refractivity contribution in [3.8, 4) is 0 Å². The van der Waals surface area contributed by atoms with Crippen molar-refractivity contribution in [1.82, 2.24) is 9.97 Å². The standard InChI is InChI=1S/C22H19Cl2N5O3/c1-2-11-5-3-4-6-16(11)26-20(31)15-10-17(30)27-19-18(15)21(32)29-22(28-19)25-14-8-12(23)7-13(24)9-14/h3-9,15H,2,10H2,1H3,(H,26,31)(H3,25,27,28,29,30,32)/t15-/m1/s1. The lowest BCUT2D eigenvalue weighted by Gasteiger charge is -2.24. The first-order chi connectivity index (χ1) is 15.3. The molecule has 10 heteroatoms. The van der Waals surface area contributed by atoms with Gasteiger partial charge in [0.15, 0.2) is 0 Å². The highest BCUT2D eigenvalue weighted by Crippen LogP contribution is 2.31. The van der Waals surface area contributed by atoms with E-state index in [1.54, 1.807) is 24.3 Å². The van der Waals surface area contributed by atoms with Crippen LogP contribution in [0.3, 0.4) is 0 Å². The van der Waals surface area contributed by atoms with Crippen molar-refractivity contribution < 1.29 is 9.59 Å². The molecule has 32 heavy (non-hydrogen) atoms. The molecule has 0 bridgehead atoms. The number of halogens is 2. The van der Waals surface area contributed by atoms with Gasteiger partial charge in [-0.3, -0.25) is 19.4 Å². The zero-order valence-electron chi connectivity index (χ0n) is 17.0. The van der Waals surface area contributed by atoms with Crippen LogP contribution in [0.15, 0.2) is 47.3 Å². The van der Waals surface area contributed by atoms with Gasteiger partial charge in [0.1, 0.15) is 5.82 Å². The summed E-state index contributed by atoms with van der Waals surface area (Å²) in [6, 6.07) is 12.2. The first kappa shape index (κ1) is 21.9. The van der Waals surface area contributed by atoms with Crippen molar-refractivity contribution in [2.24, 2.45) is 0 Å². The average molecular weight is 472 g/mol. The Labute approximate surface area is 193 Å². The number of anilines is 4. The third kappa shape index (κ3) is 4.61. The number of nitrogens with zero attached hydrogens (tertiary/aromatic N) is 1. The lowest BCUT2D eigenvalue weighted by Crippen LogP contribution is -2.36. The van der Waals surface area contributed by atoms with Gasteiger partial charge in [0, 0.05) is 27.8 Å². The molecule has 8 nitrogen and oxygen atoms in total. The van der Waals surface area contributed by atoms with E-state index in [0.29, 0.717) is 21.4 Å². The van der Waals surface area contributed by atoms with Gasteiger partial charge >= 0.3 is 0 Å². The van der Waals surface area contributed by atoms with Crippen molar-refractivity contribution >= 4 is 58.2 Å². The number of benzene rings is 2. The lowest BCUT2D eigenvalue weighted by atomic mass is 9.92. The third-order valence-electron chi connectivity index (χ3n) is 5.05. The smallest absolute Gasteiger partial charge is 0.258 e. The summed E-state index contributed by atoms with van der Waals surface area (Å²) >= 11 is 12.0. The summed E-state index contributed by atoms with van der Waals surface area (Å²) in [5, 5.41) is 9.13. The Kier molecular flexibility index (Phi) is 6.16. The van der Waals surface area contributed by atoms with Crippen molar-refractivity contribution in [3.05, 3.63) is 74.0 Å². The fraction of sp³-hybridized carbons (Fsp3) is 0.182. The molecule has 1 atom stereocenters. The van der Waals surface area contributed by atoms with Crippen LogP contribution >= 0.6 is 23.2 Å². The van der Waals surface area contributed by atoms with Crippen LogP contribution in [-0.4, -0.2) is 21.8 Å². The molecule has 0 aliphatic carbocycles.